The smallest absolute Gasteiger partial charge is 0.227 e. The van der Waals surface area contributed by atoms with E-state index in [1.54, 1.807) is 38.6 Å². The average molecular weight is 979 g/mol. The summed E-state index contributed by atoms with van der Waals surface area (Å²) in [7, 11) is 35.3. The monoisotopic (exact) mass is 979 g/mol. The van der Waals surface area contributed by atoms with Gasteiger partial charge >= 0.3 is 0 Å². The minimum atomic E-state index is 0.235. The average Bonchev–Trinajstić information content (AvgIpc) is 3.44. The Hall–Kier alpha value is -2.93. The van der Waals surface area contributed by atoms with Crippen molar-refractivity contribution in [3.05, 3.63) is 0 Å². The molecule has 0 aromatic carbocycles. The van der Waals surface area contributed by atoms with E-state index in [9.17, 15) is 24.0 Å². The first-order valence-corrected chi connectivity index (χ1v) is 26.1. The van der Waals surface area contributed by atoms with Crippen molar-refractivity contribution in [2.75, 3.05) is 205 Å². The van der Waals surface area contributed by atoms with Gasteiger partial charge in [-0.25, -0.2) is 0 Å². The lowest BCUT2D eigenvalue weighted by atomic mass is 9.96. The van der Waals surface area contributed by atoms with Gasteiger partial charge in [-0.15, -0.1) is 0 Å². The maximum absolute atomic E-state index is 11.7. The van der Waals surface area contributed by atoms with Crippen LogP contribution < -0.4 is 0 Å². The molecule has 6 saturated heterocycles. The van der Waals surface area contributed by atoms with Gasteiger partial charge in [0.15, 0.2) is 0 Å². The molecule has 17 heteroatoms. The predicted octanol–water partition coefficient (Wildman–Crippen LogP) is 2.33. The number of amides is 5. The molecule has 0 aromatic heterocycles. The van der Waals surface area contributed by atoms with Gasteiger partial charge in [0.25, 0.3) is 0 Å². The SMILES string of the molecule is CN1CC(C(=O)N(C)C)C1.CN1CCC(C(=O)N(C)C)C1.CN1CCC(C(=O)N(C)C)CC1.CN1CCCC(C(=O)N(C)C)C1.CN1CCCC(C(=O)N(C)C)CC1.CN1CCCCC(N(C)C)C1. The maximum Gasteiger partial charge on any atom is 0.227 e. The summed E-state index contributed by atoms with van der Waals surface area (Å²) in [5.74, 6) is 2.69. The van der Waals surface area contributed by atoms with Gasteiger partial charge in [0.05, 0.1) is 17.8 Å². The van der Waals surface area contributed by atoms with E-state index in [1.165, 1.54) is 32.4 Å². The van der Waals surface area contributed by atoms with E-state index >= 15 is 0 Å². The second-order valence-electron chi connectivity index (χ2n) is 22.3. The molecule has 5 amide bonds. The van der Waals surface area contributed by atoms with E-state index in [0.717, 1.165) is 123 Å². The molecule has 69 heavy (non-hydrogen) atoms. The van der Waals surface area contributed by atoms with E-state index in [0.29, 0.717) is 11.8 Å². The lowest BCUT2D eigenvalue weighted by Gasteiger charge is -2.36. The lowest BCUT2D eigenvalue weighted by Crippen LogP contribution is -2.51. The molecule has 6 fully saturated rings. The van der Waals surface area contributed by atoms with Crippen molar-refractivity contribution < 1.29 is 24.0 Å². The normalized spacial score (nSPS) is 24.4. The second kappa shape index (κ2) is 33.7. The van der Waals surface area contributed by atoms with E-state index in [4.69, 9.17) is 0 Å². The van der Waals surface area contributed by atoms with Gasteiger partial charge in [-0.1, -0.05) is 6.42 Å². The van der Waals surface area contributed by atoms with Crippen LogP contribution in [0.15, 0.2) is 0 Å². The third-order valence-electron chi connectivity index (χ3n) is 14.3. The molecule has 4 unspecified atom stereocenters. The maximum atomic E-state index is 11.7. The Bertz CT molecular complexity index is 1470. The van der Waals surface area contributed by atoms with Crippen LogP contribution in [-0.4, -0.2) is 300 Å². The number of hydrogen-bond donors (Lipinski definition) is 0. The molecule has 6 aliphatic heterocycles. The fourth-order valence-corrected chi connectivity index (χ4v) is 9.65. The zero-order chi connectivity index (χ0) is 52.5. The quantitative estimate of drug-likeness (QED) is 0.389. The molecule has 404 valence electrons. The topological polar surface area (TPSA) is 124 Å². The molecular weight excluding hydrogens is 873 g/mol. The van der Waals surface area contributed by atoms with Crippen LogP contribution in [0.25, 0.3) is 0 Å². The van der Waals surface area contributed by atoms with Crippen LogP contribution in [0.2, 0.25) is 0 Å². The summed E-state index contributed by atoms with van der Waals surface area (Å²) in [6.45, 7) is 12.7. The van der Waals surface area contributed by atoms with Crippen molar-refractivity contribution in [1.82, 2.24) is 58.8 Å². The van der Waals surface area contributed by atoms with Gasteiger partial charge in [0.2, 0.25) is 29.5 Å². The third kappa shape index (κ3) is 25.8. The third-order valence-corrected chi connectivity index (χ3v) is 14.3. The van der Waals surface area contributed by atoms with Crippen molar-refractivity contribution in [3.8, 4) is 0 Å². The van der Waals surface area contributed by atoms with Crippen LogP contribution in [0.5, 0.6) is 0 Å². The van der Waals surface area contributed by atoms with Gasteiger partial charge in [-0.2, -0.15) is 0 Å². The van der Waals surface area contributed by atoms with E-state index in [1.807, 2.05) is 63.4 Å². The summed E-state index contributed by atoms with van der Waals surface area (Å²) in [6, 6.07) is 0.780. The molecule has 0 aliphatic carbocycles. The molecular formula is C52H106N12O5. The summed E-state index contributed by atoms with van der Waals surface area (Å²) in [4.78, 5) is 81.7. The zero-order valence-electron chi connectivity index (χ0n) is 47.6. The van der Waals surface area contributed by atoms with Gasteiger partial charge < -0.3 is 58.8 Å². The Labute approximate surface area is 422 Å². The van der Waals surface area contributed by atoms with E-state index in [-0.39, 0.29) is 47.3 Å². The summed E-state index contributed by atoms with van der Waals surface area (Å²) in [6.07, 6.45) is 12.7. The Morgan fingerprint density at radius 1 is 0.290 bits per heavy atom. The Morgan fingerprint density at radius 2 is 0.580 bits per heavy atom. The summed E-state index contributed by atoms with van der Waals surface area (Å²) in [5, 5.41) is 0. The molecule has 0 N–H and O–H groups in total. The number of likely N-dealkylation sites (N-methyl/N-ethyl adjacent to an activating group) is 2. The number of hydrogen-bond acceptors (Lipinski definition) is 12. The highest BCUT2D eigenvalue weighted by molar-refractivity contribution is 5.80. The highest BCUT2D eigenvalue weighted by Crippen LogP contribution is 2.20. The minimum absolute atomic E-state index is 0.235. The standard InChI is InChI=1S/C10H20N2O.2C9H18N2O.C9H20N2.C8H16N2O.C7H14N2O/c1-11(2)10(13)9-5-4-7-12(3)8-6-9;1-10(2)9(12)8-4-6-11(3)7-5-8;1-10(2)9(12)8-5-4-6-11(3)7-8;1-10(2)9-6-4-5-7-11(3)8-9;1-9(2)8(11)7-4-5-10(3)6-7;1-8(2)7(10)6-4-9(3)5-6/h9H,4-8H2,1-3H3;2*8H,4-7H2,1-3H3;9H,4-8H2,1-3H3;7H,4-6H2,1-3H3;6H,4-5H2,1-3H3. The Balaban J connectivity index is 0.000000415. The van der Waals surface area contributed by atoms with Crippen LogP contribution in [0, 0.1) is 29.6 Å². The summed E-state index contributed by atoms with van der Waals surface area (Å²) >= 11 is 0. The fraction of sp³-hybridized carbons (Fsp3) is 0.904. The predicted molar refractivity (Wildman–Crippen MR) is 284 cm³/mol. The van der Waals surface area contributed by atoms with Gasteiger partial charge in [-0.3, -0.25) is 24.0 Å². The summed E-state index contributed by atoms with van der Waals surface area (Å²) < 4.78 is 0. The minimum Gasteiger partial charge on any atom is -0.349 e. The molecule has 0 aromatic rings. The van der Waals surface area contributed by atoms with Crippen LogP contribution in [-0.2, 0) is 24.0 Å². The zero-order valence-corrected chi connectivity index (χ0v) is 47.6. The number of piperidine rings is 2. The lowest BCUT2D eigenvalue weighted by molar-refractivity contribution is -0.138. The van der Waals surface area contributed by atoms with Gasteiger partial charge in [0, 0.05) is 121 Å². The highest BCUT2D eigenvalue weighted by atomic mass is 16.2. The molecule has 0 spiro atoms. The van der Waals surface area contributed by atoms with Crippen LogP contribution >= 0.6 is 0 Å². The highest BCUT2D eigenvalue weighted by Gasteiger charge is 2.31. The number of carbonyl (C=O) groups excluding carboxylic acids is 5. The molecule has 0 radical (unpaired) electrons. The summed E-state index contributed by atoms with van der Waals surface area (Å²) in [5.41, 5.74) is 0. The Morgan fingerprint density at radius 3 is 1.00 bits per heavy atom. The van der Waals surface area contributed by atoms with Crippen molar-refractivity contribution in [2.24, 2.45) is 29.6 Å². The van der Waals surface area contributed by atoms with Crippen molar-refractivity contribution in [3.63, 3.8) is 0 Å². The van der Waals surface area contributed by atoms with E-state index in [2.05, 4.69) is 83.6 Å². The number of likely N-dealkylation sites (tertiary alicyclic amines) is 6. The molecule has 6 aliphatic rings. The first-order valence-electron chi connectivity index (χ1n) is 26.1. The van der Waals surface area contributed by atoms with E-state index < -0.39 is 0 Å². The van der Waals surface area contributed by atoms with Crippen molar-refractivity contribution >= 4 is 29.5 Å². The molecule has 6 heterocycles. The second-order valence-corrected chi connectivity index (χ2v) is 22.3. The number of carbonyl (C=O) groups is 5. The van der Waals surface area contributed by atoms with Crippen LogP contribution in [0.4, 0.5) is 0 Å². The molecule has 0 saturated carbocycles. The largest absolute Gasteiger partial charge is 0.349 e. The molecule has 4 atom stereocenters. The van der Waals surface area contributed by atoms with Crippen LogP contribution in [0.1, 0.15) is 70.6 Å². The molecule has 0 bridgehead atoms. The van der Waals surface area contributed by atoms with Crippen molar-refractivity contribution in [2.45, 2.75) is 76.7 Å². The fourth-order valence-electron chi connectivity index (χ4n) is 9.65. The number of rotatable bonds is 6. The molecule has 6 rings (SSSR count). The first-order chi connectivity index (χ1) is 32.2. The van der Waals surface area contributed by atoms with Gasteiger partial charge in [-0.05, 0) is 166 Å². The van der Waals surface area contributed by atoms with Crippen LogP contribution in [0.3, 0.4) is 0 Å². The first kappa shape index (κ1) is 64.1. The van der Waals surface area contributed by atoms with Gasteiger partial charge in [0.1, 0.15) is 0 Å². The number of nitrogens with zero attached hydrogens (tertiary/aromatic N) is 12. The molecule has 17 nitrogen and oxygen atoms in total. The van der Waals surface area contributed by atoms with Crippen molar-refractivity contribution in [1.29, 1.82) is 0 Å². The Kier molecular flexibility index (Phi) is 31.3.